The van der Waals surface area contributed by atoms with E-state index in [4.69, 9.17) is 4.74 Å². The average molecular weight is 430 g/mol. The van der Waals surface area contributed by atoms with Crippen molar-refractivity contribution in [3.63, 3.8) is 0 Å². The molecule has 4 aliphatic heterocycles. The molecular weight excluding hydrogens is 402 g/mol. The van der Waals surface area contributed by atoms with Crippen molar-refractivity contribution in [3.8, 4) is 0 Å². The fourth-order valence-corrected chi connectivity index (χ4v) is 6.74. The molecule has 0 saturated carbocycles. The van der Waals surface area contributed by atoms with E-state index in [1.165, 1.54) is 36.4 Å². The number of nitrogens with zero attached hydrogens (tertiary/aromatic N) is 1. The molecule has 2 N–H and O–H groups in total. The smallest absolute Gasteiger partial charge is 0.261 e. The van der Waals surface area contributed by atoms with Crippen molar-refractivity contribution in [3.05, 3.63) is 46.8 Å². The van der Waals surface area contributed by atoms with Gasteiger partial charge in [0, 0.05) is 30.6 Å². The molecule has 1 amide bonds. The number of morpholine rings is 1. The van der Waals surface area contributed by atoms with E-state index in [1.54, 1.807) is 23.1 Å². The molecule has 0 radical (unpaired) electrons. The van der Waals surface area contributed by atoms with Crippen LogP contribution < -0.4 is 10.6 Å². The van der Waals surface area contributed by atoms with Crippen LogP contribution in [0.2, 0.25) is 0 Å². The van der Waals surface area contributed by atoms with Gasteiger partial charge in [-0.1, -0.05) is 30.0 Å². The van der Waals surface area contributed by atoms with Gasteiger partial charge in [0.1, 0.15) is 0 Å². The molecule has 4 saturated heterocycles. The van der Waals surface area contributed by atoms with Gasteiger partial charge in [0.05, 0.1) is 21.8 Å². The first kappa shape index (κ1) is 19.6. The highest BCUT2D eigenvalue weighted by molar-refractivity contribution is 8.01. The van der Waals surface area contributed by atoms with E-state index < -0.39 is 0 Å². The first-order chi connectivity index (χ1) is 14.3. The number of carbonyl (C=O) groups excluding carboxylic acids is 1. The highest BCUT2D eigenvalue weighted by Gasteiger charge is 2.35. The number of hydrogen-bond donors (Lipinski definition) is 2. The number of nitrogens with one attached hydrogen (secondary N) is 2. The van der Waals surface area contributed by atoms with E-state index in [9.17, 15) is 4.79 Å². The van der Waals surface area contributed by atoms with E-state index >= 15 is 0 Å². The minimum Gasteiger partial charge on any atom is -0.371 e. The number of hydrogen-bond acceptors (Lipinski definition) is 6. The van der Waals surface area contributed by atoms with E-state index in [2.05, 4.69) is 45.9 Å². The molecule has 7 heteroatoms. The maximum Gasteiger partial charge on any atom is 0.261 e. The van der Waals surface area contributed by atoms with Gasteiger partial charge in [-0.25, -0.2) is 0 Å². The Balaban J connectivity index is 1.25. The molecule has 1 unspecified atom stereocenters. The fraction of sp³-hybridized carbons (Fsp3) is 0.500. The Labute approximate surface area is 180 Å². The van der Waals surface area contributed by atoms with Crippen LogP contribution in [0.5, 0.6) is 0 Å². The average Bonchev–Trinajstić information content (AvgIpc) is 3.24. The van der Waals surface area contributed by atoms with Crippen LogP contribution in [0.3, 0.4) is 0 Å². The lowest BCUT2D eigenvalue weighted by molar-refractivity contribution is 0.0261. The van der Waals surface area contributed by atoms with Crippen molar-refractivity contribution < 1.29 is 9.53 Å². The Morgan fingerprint density at radius 2 is 2.07 bits per heavy atom. The van der Waals surface area contributed by atoms with Crippen LogP contribution in [0.25, 0.3) is 0 Å². The van der Waals surface area contributed by atoms with Gasteiger partial charge >= 0.3 is 0 Å². The van der Waals surface area contributed by atoms with E-state index in [1.807, 2.05) is 6.07 Å². The number of fused-ring (bicyclic) bond motifs is 3. The van der Waals surface area contributed by atoms with Crippen LogP contribution >= 0.6 is 23.1 Å². The normalized spacial score (nSPS) is 29.0. The van der Waals surface area contributed by atoms with Crippen molar-refractivity contribution >= 4 is 29.0 Å². The van der Waals surface area contributed by atoms with Gasteiger partial charge in [-0.3, -0.25) is 4.79 Å². The number of ether oxygens (including phenoxy) is 1. The third-order valence-corrected chi connectivity index (χ3v) is 8.49. The van der Waals surface area contributed by atoms with Crippen LogP contribution in [-0.2, 0) is 4.74 Å². The van der Waals surface area contributed by atoms with Crippen molar-refractivity contribution in [1.82, 2.24) is 15.5 Å². The van der Waals surface area contributed by atoms with Gasteiger partial charge in [0.15, 0.2) is 0 Å². The third kappa shape index (κ3) is 4.39. The summed E-state index contributed by atoms with van der Waals surface area (Å²) in [7, 11) is 0. The molecule has 5 nitrogen and oxygen atoms in total. The lowest BCUT2D eigenvalue weighted by atomic mass is 9.84. The van der Waals surface area contributed by atoms with Gasteiger partial charge in [0.25, 0.3) is 5.91 Å². The van der Waals surface area contributed by atoms with Gasteiger partial charge < -0.3 is 20.3 Å². The van der Waals surface area contributed by atoms with Crippen LogP contribution in [0.4, 0.5) is 0 Å². The summed E-state index contributed by atoms with van der Waals surface area (Å²) in [5.74, 6) is 0.724. The quantitative estimate of drug-likeness (QED) is 0.763. The highest BCUT2D eigenvalue weighted by Crippen LogP contribution is 2.38. The summed E-state index contributed by atoms with van der Waals surface area (Å²) < 4.78 is 7.09. The fourth-order valence-electron chi connectivity index (χ4n) is 4.58. The zero-order valence-corrected chi connectivity index (χ0v) is 18.1. The van der Waals surface area contributed by atoms with Crippen LogP contribution in [-0.4, -0.2) is 56.2 Å². The van der Waals surface area contributed by atoms with Gasteiger partial charge in [-0.2, -0.15) is 0 Å². The molecule has 4 aliphatic rings. The Bertz CT molecular complexity index is 857. The number of thiophene rings is 1. The Morgan fingerprint density at radius 1 is 1.21 bits per heavy atom. The summed E-state index contributed by atoms with van der Waals surface area (Å²) in [5, 5.41) is 6.70. The molecule has 0 spiro atoms. The molecule has 0 aliphatic carbocycles. The highest BCUT2D eigenvalue weighted by atomic mass is 32.2. The number of rotatable bonds is 5. The lowest BCUT2D eigenvalue weighted by Crippen LogP contribution is -2.57. The molecule has 1 aromatic heterocycles. The summed E-state index contributed by atoms with van der Waals surface area (Å²) in [4.78, 5) is 17.3. The third-order valence-electron chi connectivity index (χ3n) is 6.18. The van der Waals surface area contributed by atoms with Crippen molar-refractivity contribution in [2.24, 2.45) is 5.92 Å². The minimum atomic E-state index is 0.0775. The molecule has 2 bridgehead atoms. The Hall–Kier alpha value is -1.38. The second-order valence-corrected chi connectivity index (χ2v) is 10.5. The maximum atomic E-state index is 12.8. The topological polar surface area (TPSA) is 53.6 Å². The molecule has 4 fully saturated rings. The van der Waals surface area contributed by atoms with Gasteiger partial charge in [-0.15, -0.1) is 11.3 Å². The number of carbonyl (C=O) groups is 1. The second kappa shape index (κ2) is 8.78. The molecule has 5 heterocycles. The van der Waals surface area contributed by atoms with Crippen LogP contribution in [0.15, 0.2) is 45.5 Å². The Kier molecular flexibility index (Phi) is 5.92. The maximum absolute atomic E-state index is 12.8. The van der Waals surface area contributed by atoms with E-state index in [0.29, 0.717) is 12.0 Å². The van der Waals surface area contributed by atoms with Crippen molar-refractivity contribution in [2.75, 3.05) is 39.3 Å². The number of amides is 1. The minimum absolute atomic E-state index is 0.0775. The molecular formula is C22H27N3O2S2. The number of piperidine rings is 3. The summed E-state index contributed by atoms with van der Waals surface area (Å²) in [6.07, 6.45) is 2.52. The standard InChI is InChI=1S/C22H27N3O2S2/c26-22(24-17-14-25-10-7-15(17)8-11-25)20-5-6-21(29-20)28-19-4-2-1-3-16(19)18-13-23-9-12-27-18/h1-6,15,17-18,23H,7-14H2,(H,24,26)/t17-,18?/m0/s1. The summed E-state index contributed by atoms with van der Waals surface area (Å²) >= 11 is 3.31. The predicted octanol–water partition coefficient (Wildman–Crippen LogP) is 3.38. The molecule has 2 aromatic rings. The summed E-state index contributed by atoms with van der Waals surface area (Å²) in [6, 6.07) is 12.8. The first-order valence-corrected chi connectivity index (χ1v) is 12.1. The molecule has 154 valence electrons. The van der Waals surface area contributed by atoms with Crippen LogP contribution in [0, 0.1) is 5.92 Å². The second-order valence-electron chi connectivity index (χ2n) is 8.04. The molecule has 1 aromatic carbocycles. The van der Waals surface area contributed by atoms with Crippen LogP contribution in [0.1, 0.15) is 34.2 Å². The summed E-state index contributed by atoms with van der Waals surface area (Å²) in [6.45, 7) is 5.88. The zero-order chi connectivity index (χ0) is 19.6. The predicted molar refractivity (Wildman–Crippen MR) is 117 cm³/mol. The van der Waals surface area contributed by atoms with Crippen molar-refractivity contribution in [1.29, 1.82) is 0 Å². The largest absolute Gasteiger partial charge is 0.371 e. The molecule has 6 rings (SSSR count). The lowest BCUT2D eigenvalue weighted by Gasteiger charge is -2.44. The van der Waals surface area contributed by atoms with E-state index in [-0.39, 0.29) is 12.0 Å². The first-order valence-electron chi connectivity index (χ1n) is 10.5. The zero-order valence-electron chi connectivity index (χ0n) is 16.4. The Morgan fingerprint density at radius 3 is 2.83 bits per heavy atom. The van der Waals surface area contributed by atoms with Gasteiger partial charge in [0.2, 0.25) is 0 Å². The molecule has 2 atom stereocenters. The van der Waals surface area contributed by atoms with Crippen molar-refractivity contribution in [2.45, 2.75) is 34.1 Å². The van der Waals surface area contributed by atoms with E-state index in [0.717, 1.165) is 35.3 Å². The molecule has 29 heavy (non-hydrogen) atoms. The summed E-state index contributed by atoms with van der Waals surface area (Å²) in [5.41, 5.74) is 1.22. The number of benzene rings is 1. The van der Waals surface area contributed by atoms with Gasteiger partial charge in [-0.05, 0) is 55.6 Å². The SMILES string of the molecule is O=C(N[C@H]1CN2CCC1CC2)c1ccc(Sc2ccccc2C2CNCCO2)s1. The monoisotopic (exact) mass is 429 g/mol.